The second-order valence-corrected chi connectivity index (χ2v) is 7.89. The first-order chi connectivity index (χ1) is 12.6. The minimum absolute atomic E-state index is 0.372. The number of hydrogen-bond donors (Lipinski definition) is 2. The molecule has 0 fully saturated rings. The monoisotopic (exact) mass is 348 g/mol. The zero-order valence-corrected chi connectivity index (χ0v) is 15.8. The highest BCUT2D eigenvalue weighted by Crippen LogP contribution is 2.51. The van der Waals surface area contributed by atoms with Gasteiger partial charge in [-0.05, 0) is 95.2 Å². The number of hydrogen-bond acceptors (Lipinski definition) is 2. The first-order valence-corrected chi connectivity index (χ1v) is 10.0. The molecule has 2 atom stereocenters. The van der Waals surface area contributed by atoms with Crippen molar-refractivity contribution >= 4 is 11.1 Å². The Hall–Kier alpha value is -2.22. The molecule has 2 aromatic rings. The van der Waals surface area contributed by atoms with E-state index in [9.17, 15) is 10.2 Å². The van der Waals surface area contributed by atoms with E-state index < -0.39 is 0 Å². The number of benzene rings is 2. The van der Waals surface area contributed by atoms with Gasteiger partial charge < -0.3 is 10.2 Å². The number of phenols is 2. The van der Waals surface area contributed by atoms with Crippen LogP contribution in [-0.2, 0) is 12.8 Å². The maximum Gasteiger partial charge on any atom is 0.115 e. The summed E-state index contributed by atoms with van der Waals surface area (Å²) in [6.45, 7) is 4.50. The maximum absolute atomic E-state index is 10.0. The molecular formula is C24H28O2. The van der Waals surface area contributed by atoms with Gasteiger partial charge in [0.05, 0.1) is 0 Å². The van der Waals surface area contributed by atoms with Gasteiger partial charge in [-0.2, -0.15) is 0 Å². The van der Waals surface area contributed by atoms with E-state index in [1.165, 1.54) is 33.4 Å². The van der Waals surface area contributed by atoms with E-state index in [1.807, 2.05) is 24.3 Å². The quantitative estimate of drug-likeness (QED) is 0.716. The highest BCUT2D eigenvalue weighted by atomic mass is 16.3. The van der Waals surface area contributed by atoms with Crippen LogP contribution in [0.25, 0.3) is 11.1 Å². The van der Waals surface area contributed by atoms with Gasteiger partial charge in [0.15, 0.2) is 0 Å². The van der Waals surface area contributed by atoms with Crippen LogP contribution in [0.4, 0.5) is 0 Å². The van der Waals surface area contributed by atoms with E-state index in [-0.39, 0.29) is 0 Å². The van der Waals surface area contributed by atoms with Crippen LogP contribution in [0.3, 0.4) is 0 Å². The molecule has 0 aromatic heterocycles. The van der Waals surface area contributed by atoms with Crippen LogP contribution in [0.5, 0.6) is 11.5 Å². The SMILES string of the molecule is CCC[C@H]1Cc2cc(O)ccc2C2=C1c1ccc(O)cc1C[C@@H]2CCC. The summed E-state index contributed by atoms with van der Waals surface area (Å²) in [5.74, 6) is 1.73. The van der Waals surface area contributed by atoms with Crippen LogP contribution >= 0.6 is 0 Å². The van der Waals surface area contributed by atoms with Gasteiger partial charge in [0, 0.05) is 0 Å². The van der Waals surface area contributed by atoms with E-state index in [2.05, 4.69) is 26.0 Å². The molecule has 0 saturated heterocycles. The summed E-state index contributed by atoms with van der Waals surface area (Å²) in [7, 11) is 0. The Labute approximate surface area is 156 Å². The number of aromatic hydroxyl groups is 2. The Morgan fingerprint density at radius 3 is 1.54 bits per heavy atom. The molecule has 0 saturated carbocycles. The summed E-state index contributed by atoms with van der Waals surface area (Å²) >= 11 is 0. The molecule has 2 nitrogen and oxygen atoms in total. The Morgan fingerprint density at radius 1 is 0.731 bits per heavy atom. The van der Waals surface area contributed by atoms with Crippen molar-refractivity contribution in [1.82, 2.24) is 0 Å². The fraction of sp³-hybridized carbons (Fsp3) is 0.417. The van der Waals surface area contributed by atoms with Crippen LogP contribution in [0, 0.1) is 11.8 Å². The fourth-order valence-corrected chi connectivity index (χ4v) is 5.12. The molecule has 2 aliphatic carbocycles. The first kappa shape index (κ1) is 17.2. The van der Waals surface area contributed by atoms with Crippen molar-refractivity contribution in [2.24, 2.45) is 11.8 Å². The Morgan fingerprint density at radius 2 is 1.15 bits per heavy atom. The molecule has 0 unspecified atom stereocenters. The summed E-state index contributed by atoms with van der Waals surface area (Å²) in [6.07, 6.45) is 6.62. The molecule has 0 heterocycles. The lowest BCUT2D eigenvalue weighted by atomic mass is 9.65. The molecule has 2 aromatic carbocycles. The standard InChI is InChI=1S/C24H28O2/c1-3-5-15-11-17-13-19(25)8-10-22(17)24-16(6-4-2)12-18-14-20(26)7-9-21(18)23(15)24/h7-10,13-16,25-26H,3-6,11-12H2,1-2H3/t15-,16-/m0/s1. The number of fused-ring (bicyclic) bond motifs is 4. The lowest BCUT2D eigenvalue weighted by molar-refractivity contribution is 0.470. The summed E-state index contributed by atoms with van der Waals surface area (Å²) in [5, 5.41) is 20.0. The average Bonchev–Trinajstić information content (AvgIpc) is 2.61. The number of phenolic OH excluding ortho intramolecular Hbond substituents is 2. The third-order valence-electron chi connectivity index (χ3n) is 6.07. The van der Waals surface area contributed by atoms with Crippen molar-refractivity contribution in [2.75, 3.05) is 0 Å². The molecule has 0 spiro atoms. The second-order valence-electron chi connectivity index (χ2n) is 7.89. The smallest absolute Gasteiger partial charge is 0.115 e. The normalized spacial score (nSPS) is 21.2. The Kier molecular flexibility index (Phi) is 4.52. The zero-order chi connectivity index (χ0) is 18.3. The molecule has 0 bridgehead atoms. The largest absolute Gasteiger partial charge is 0.508 e. The minimum Gasteiger partial charge on any atom is -0.508 e. The van der Waals surface area contributed by atoms with Crippen molar-refractivity contribution in [3.63, 3.8) is 0 Å². The van der Waals surface area contributed by atoms with E-state index in [4.69, 9.17) is 0 Å². The topological polar surface area (TPSA) is 40.5 Å². The molecule has 2 N–H and O–H groups in total. The zero-order valence-electron chi connectivity index (χ0n) is 15.8. The molecule has 26 heavy (non-hydrogen) atoms. The van der Waals surface area contributed by atoms with Crippen LogP contribution in [-0.4, -0.2) is 10.2 Å². The minimum atomic E-state index is 0.372. The van der Waals surface area contributed by atoms with Gasteiger partial charge >= 0.3 is 0 Å². The third kappa shape index (κ3) is 2.82. The van der Waals surface area contributed by atoms with Gasteiger partial charge in [-0.3, -0.25) is 0 Å². The van der Waals surface area contributed by atoms with Crippen LogP contribution in [0.15, 0.2) is 36.4 Å². The summed E-state index contributed by atoms with van der Waals surface area (Å²) in [6, 6.07) is 11.8. The van der Waals surface area contributed by atoms with E-state index in [1.54, 1.807) is 0 Å². The Balaban J connectivity index is 1.97. The van der Waals surface area contributed by atoms with Gasteiger partial charge in [0.25, 0.3) is 0 Å². The highest BCUT2D eigenvalue weighted by Gasteiger charge is 2.35. The molecule has 4 rings (SSSR count). The summed E-state index contributed by atoms with van der Waals surface area (Å²) < 4.78 is 0. The molecule has 0 amide bonds. The molecule has 136 valence electrons. The van der Waals surface area contributed by atoms with Crippen molar-refractivity contribution in [2.45, 2.75) is 52.4 Å². The lowest BCUT2D eigenvalue weighted by Gasteiger charge is -2.39. The van der Waals surface area contributed by atoms with E-state index in [0.29, 0.717) is 23.3 Å². The molecular weight excluding hydrogens is 320 g/mol. The molecule has 0 aliphatic heterocycles. The van der Waals surface area contributed by atoms with E-state index in [0.717, 1.165) is 38.5 Å². The molecule has 2 heteroatoms. The predicted octanol–water partition coefficient (Wildman–Crippen LogP) is 5.95. The fourth-order valence-electron chi connectivity index (χ4n) is 5.12. The van der Waals surface area contributed by atoms with Crippen molar-refractivity contribution < 1.29 is 10.2 Å². The van der Waals surface area contributed by atoms with Gasteiger partial charge in [0.2, 0.25) is 0 Å². The third-order valence-corrected chi connectivity index (χ3v) is 6.07. The summed E-state index contributed by atoms with van der Waals surface area (Å²) in [5.41, 5.74) is 8.27. The van der Waals surface area contributed by atoms with Gasteiger partial charge in [-0.15, -0.1) is 0 Å². The Bertz CT molecular complexity index is 791. The molecule has 2 aliphatic rings. The van der Waals surface area contributed by atoms with Crippen molar-refractivity contribution in [3.05, 3.63) is 58.7 Å². The van der Waals surface area contributed by atoms with Crippen LogP contribution in [0.2, 0.25) is 0 Å². The number of allylic oxidation sites excluding steroid dienone is 2. The predicted molar refractivity (Wildman–Crippen MR) is 107 cm³/mol. The van der Waals surface area contributed by atoms with Gasteiger partial charge in [-0.25, -0.2) is 0 Å². The highest BCUT2D eigenvalue weighted by molar-refractivity contribution is 5.98. The lowest BCUT2D eigenvalue weighted by Crippen LogP contribution is -2.25. The first-order valence-electron chi connectivity index (χ1n) is 10.0. The molecule has 0 radical (unpaired) electrons. The maximum atomic E-state index is 10.0. The number of rotatable bonds is 4. The van der Waals surface area contributed by atoms with Gasteiger partial charge in [0.1, 0.15) is 11.5 Å². The van der Waals surface area contributed by atoms with Crippen molar-refractivity contribution in [1.29, 1.82) is 0 Å². The van der Waals surface area contributed by atoms with Gasteiger partial charge in [-0.1, -0.05) is 38.8 Å². The average molecular weight is 348 g/mol. The second kappa shape index (κ2) is 6.83. The summed E-state index contributed by atoms with van der Waals surface area (Å²) in [4.78, 5) is 0. The van der Waals surface area contributed by atoms with Crippen LogP contribution in [0.1, 0.15) is 61.8 Å². The van der Waals surface area contributed by atoms with Crippen LogP contribution < -0.4 is 0 Å². The van der Waals surface area contributed by atoms with E-state index >= 15 is 0 Å². The van der Waals surface area contributed by atoms with Crippen molar-refractivity contribution in [3.8, 4) is 11.5 Å².